The molecule has 0 aliphatic heterocycles. The number of hydrogen-bond acceptors (Lipinski definition) is 3. The summed E-state index contributed by atoms with van der Waals surface area (Å²) in [7, 11) is 0. The van der Waals surface area contributed by atoms with Crippen molar-refractivity contribution >= 4 is 17.7 Å². The van der Waals surface area contributed by atoms with Crippen molar-refractivity contribution in [3.8, 4) is 0 Å². The van der Waals surface area contributed by atoms with Gasteiger partial charge < -0.3 is 10.4 Å². The summed E-state index contributed by atoms with van der Waals surface area (Å²) in [5.74, 6) is -2.97. The Morgan fingerprint density at radius 1 is 1.36 bits per heavy atom. The van der Waals surface area contributed by atoms with E-state index < -0.39 is 24.2 Å². The van der Waals surface area contributed by atoms with E-state index >= 15 is 0 Å². The minimum absolute atomic E-state index is 0. The first-order chi connectivity index (χ1) is 4.54. The largest absolute Gasteiger partial charge is 0.475 e. The van der Waals surface area contributed by atoms with Crippen molar-refractivity contribution in [1.29, 1.82) is 0 Å². The zero-order valence-electron chi connectivity index (χ0n) is 5.71. The Kier molecular flexibility index (Phi) is 7.03. The predicted molar refractivity (Wildman–Crippen MR) is 31.3 cm³/mol. The van der Waals surface area contributed by atoms with Gasteiger partial charge in [0.25, 0.3) is 5.78 Å². The van der Waals surface area contributed by atoms with Crippen LogP contribution in [0, 0.1) is 0 Å². The molecule has 1 radical (unpaired) electrons. The van der Waals surface area contributed by atoms with E-state index in [9.17, 15) is 14.4 Å². The molecule has 0 aromatic heterocycles. The van der Waals surface area contributed by atoms with Gasteiger partial charge in [0.1, 0.15) is 0 Å². The number of carboxylic acid groups (broad SMARTS) is 1. The molecule has 0 aliphatic rings. The summed E-state index contributed by atoms with van der Waals surface area (Å²) in [6.45, 7) is 0.764. The molecule has 0 aromatic carbocycles. The van der Waals surface area contributed by atoms with Crippen LogP contribution in [0.5, 0.6) is 0 Å². The Morgan fingerprint density at radius 2 is 1.82 bits per heavy atom. The summed E-state index contributed by atoms with van der Waals surface area (Å²) in [5, 5.41) is 10.1. The van der Waals surface area contributed by atoms with Crippen molar-refractivity contribution < 1.29 is 39.6 Å². The number of carboxylic acids is 1. The average Bonchev–Trinajstić information content (AvgIpc) is 1.82. The number of ketones is 1. The van der Waals surface area contributed by atoms with Gasteiger partial charge in [-0.1, -0.05) is 0 Å². The maximum atomic E-state index is 10.2. The Balaban J connectivity index is 0. The molecular formula is C5H7IrNO4. The molecule has 0 aromatic rings. The van der Waals surface area contributed by atoms with Crippen LogP contribution in [-0.2, 0) is 34.5 Å². The Hall–Kier alpha value is -0.741. The number of amides is 1. The van der Waals surface area contributed by atoms with Gasteiger partial charge in [-0.25, -0.2) is 4.79 Å². The van der Waals surface area contributed by atoms with Crippen molar-refractivity contribution in [2.24, 2.45) is 0 Å². The van der Waals surface area contributed by atoms with E-state index in [-0.39, 0.29) is 20.1 Å². The molecule has 0 saturated carbocycles. The molecule has 0 heterocycles. The molecule has 2 N–H and O–H groups in total. The third-order valence-corrected chi connectivity index (χ3v) is 0.736. The molecule has 0 unspecified atom stereocenters. The number of nitrogens with one attached hydrogen (secondary N) is 1. The van der Waals surface area contributed by atoms with E-state index in [4.69, 9.17) is 5.11 Å². The summed E-state index contributed by atoms with van der Waals surface area (Å²) in [6.07, 6.45) is 0. The fraction of sp³-hybridized carbons (Fsp3) is 0.400. The van der Waals surface area contributed by atoms with Gasteiger partial charge in [0, 0.05) is 27.0 Å². The van der Waals surface area contributed by atoms with Crippen molar-refractivity contribution in [1.82, 2.24) is 5.32 Å². The van der Waals surface area contributed by atoms with Crippen molar-refractivity contribution in [2.45, 2.75) is 6.92 Å². The van der Waals surface area contributed by atoms with E-state index in [0.717, 1.165) is 0 Å². The summed E-state index contributed by atoms with van der Waals surface area (Å²) >= 11 is 0. The second-order valence-electron chi connectivity index (χ2n) is 1.64. The number of carbonyl (C=O) groups excluding carboxylic acids is 2. The Bertz CT molecular complexity index is 179. The van der Waals surface area contributed by atoms with Crippen LogP contribution in [0.1, 0.15) is 6.92 Å². The molecule has 0 spiro atoms. The molecule has 0 saturated heterocycles. The minimum atomic E-state index is -1.53. The molecule has 0 atom stereocenters. The fourth-order valence-electron chi connectivity index (χ4n) is 0.280. The van der Waals surface area contributed by atoms with Crippen LogP contribution in [0.4, 0.5) is 0 Å². The molecule has 5 nitrogen and oxygen atoms in total. The molecule has 1 amide bonds. The smallest absolute Gasteiger partial charge is 0.374 e. The normalized spacial score (nSPS) is 7.73. The first kappa shape index (κ1) is 12.9. The Labute approximate surface area is 76.5 Å². The molecule has 0 fully saturated rings. The maximum absolute atomic E-state index is 10.2. The van der Waals surface area contributed by atoms with Gasteiger partial charge in [0.05, 0.1) is 6.54 Å². The van der Waals surface area contributed by atoms with Gasteiger partial charge in [0.2, 0.25) is 5.91 Å². The molecule has 0 bridgehead atoms. The third kappa shape index (κ3) is 7.15. The number of Topliss-reactive ketones (excluding diaryl/α,β-unsaturated/α-hetero) is 1. The molecule has 11 heavy (non-hydrogen) atoms. The SMILES string of the molecule is CC(=O)NCC(=O)C(=O)O.[Ir]. The van der Waals surface area contributed by atoms with Gasteiger partial charge in [-0.05, 0) is 0 Å². The molecule has 65 valence electrons. The Morgan fingerprint density at radius 3 is 2.09 bits per heavy atom. The van der Waals surface area contributed by atoms with Crippen LogP contribution in [0.3, 0.4) is 0 Å². The first-order valence-electron chi connectivity index (χ1n) is 2.54. The van der Waals surface area contributed by atoms with Crippen LogP contribution in [0.15, 0.2) is 0 Å². The van der Waals surface area contributed by atoms with E-state index in [1.54, 1.807) is 0 Å². The zero-order chi connectivity index (χ0) is 8.15. The number of rotatable bonds is 3. The van der Waals surface area contributed by atoms with Crippen molar-refractivity contribution in [2.75, 3.05) is 6.54 Å². The van der Waals surface area contributed by atoms with E-state index in [2.05, 4.69) is 5.32 Å². The number of aliphatic carboxylic acids is 1. The van der Waals surface area contributed by atoms with Crippen LogP contribution < -0.4 is 5.32 Å². The summed E-state index contributed by atoms with van der Waals surface area (Å²) < 4.78 is 0. The van der Waals surface area contributed by atoms with Gasteiger partial charge in [0.15, 0.2) is 0 Å². The van der Waals surface area contributed by atoms with Gasteiger partial charge >= 0.3 is 5.97 Å². The standard InChI is InChI=1S/C5H7NO4.Ir/c1-3(7)6-2-4(8)5(9)10;/h2H2,1H3,(H,6,7)(H,9,10);. The minimum Gasteiger partial charge on any atom is -0.475 e. The average molecular weight is 337 g/mol. The van der Waals surface area contributed by atoms with Crippen LogP contribution in [0.25, 0.3) is 0 Å². The van der Waals surface area contributed by atoms with E-state index in [0.29, 0.717) is 0 Å². The maximum Gasteiger partial charge on any atom is 0.374 e. The summed E-state index contributed by atoms with van der Waals surface area (Å²) in [6, 6.07) is 0. The second kappa shape index (κ2) is 6.00. The van der Waals surface area contributed by atoms with Crippen molar-refractivity contribution in [3.05, 3.63) is 0 Å². The van der Waals surface area contributed by atoms with Gasteiger partial charge in [-0.3, -0.25) is 9.59 Å². The number of carbonyl (C=O) groups is 3. The van der Waals surface area contributed by atoms with Crippen LogP contribution in [0.2, 0.25) is 0 Å². The molecule has 0 aliphatic carbocycles. The van der Waals surface area contributed by atoms with Gasteiger partial charge in [-0.15, -0.1) is 0 Å². The van der Waals surface area contributed by atoms with Crippen LogP contribution in [-0.4, -0.2) is 29.3 Å². The fourth-order valence-corrected chi connectivity index (χ4v) is 0.280. The monoisotopic (exact) mass is 338 g/mol. The first-order valence-corrected chi connectivity index (χ1v) is 2.54. The second-order valence-corrected chi connectivity index (χ2v) is 1.64. The van der Waals surface area contributed by atoms with Crippen LogP contribution >= 0.6 is 0 Å². The summed E-state index contributed by atoms with van der Waals surface area (Å²) in [5.41, 5.74) is 0. The van der Waals surface area contributed by atoms with Crippen molar-refractivity contribution in [3.63, 3.8) is 0 Å². The van der Waals surface area contributed by atoms with E-state index in [1.165, 1.54) is 6.92 Å². The molecule has 6 heteroatoms. The van der Waals surface area contributed by atoms with E-state index in [1.807, 2.05) is 0 Å². The topological polar surface area (TPSA) is 83.5 Å². The third-order valence-electron chi connectivity index (χ3n) is 0.736. The van der Waals surface area contributed by atoms with Gasteiger partial charge in [-0.2, -0.15) is 0 Å². The zero-order valence-corrected chi connectivity index (χ0v) is 8.11. The summed E-state index contributed by atoms with van der Waals surface area (Å²) in [4.78, 5) is 30.2. The number of hydrogen-bond donors (Lipinski definition) is 2. The quantitative estimate of drug-likeness (QED) is 0.632. The molecular weight excluding hydrogens is 330 g/mol. The molecule has 0 rings (SSSR count). The predicted octanol–water partition coefficient (Wildman–Crippen LogP) is -1.23.